The molecule has 96 valence electrons. The van der Waals surface area contributed by atoms with E-state index >= 15 is 0 Å². The van der Waals surface area contributed by atoms with Crippen LogP contribution in [0.4, 0.5) is 13.2 Å². The highest BCUT2D eigenvalue weighted by Crippen LogP contribution is 2.29. The second kappa shape index (κ2) is 4.64. The van der Waals surface area contributed by atoms with E-state index in [4.69, 9.17) is 5.21 Å². The first-order chi connectivity index (χ1) is 8.42. The minimum atomic E-state index is -4.34. The first-order valence-electron chi connectivity index (χ1n) is 4.94. The summed E-state index contributed by atoms with van der Waals surface area (Å²) < 4.78 is 39.3. The summed E-state index contributed by atoms with van der Waals surface area (Å²) in [6.07, 6.45) is -3.36. The maximum Gasteiger partial charge on any atom is 0.406 e. The van der Waals surface area contributed by atoms with Gasteiger partial charge < -0.3 is 9.77 Å². The van der Waals surface area contributed by atoms with Crippen molar-refractivity contribution < 1.29 is 18.4 Å². The predicted octanol–water partition coefficient (Wildman–Crippen LogP) is 3.77. The molecule has 0 saturated carbocycles. The molecule has 0 radical (unpaired) electrons. The van der Waals surface area contributed by atoms with Gasteiger partial charge in [0.05, 0.1) is 11.9 Å². The highest BCUT2D eigenvalue weighted by Gasteiger charge is 2.29. The Hall–Kier alpha value is -1.50. The molecule has 3 nitrogen and oxygen atoms in total. The van der Waals surface area contributed by atoms with Crippen LogP contribution in [0.2, 0.25) is 0 Å². The topological polar surface area (TPSA) is 37.5 Å². The summed E-state index contributed by atoms with van der Waals surface area (Å²) in [7, 11) is 0. The molecule has 1 N–H and O–H groups in total. The van der Waals surface area contributed by atoms with Crippen LogP contribution in [0, 0.1) is 0 Å². The van der Waals surface area contributed by atoms with Gasteiger partial charge in [-0.25, -0.2) is 0 Å². The molecule has 2 aromatic rings. The number of aromatic nitrogens is 1. The molecule has 7 heteroatoms. The average Bonchev–Trinajstić information content (AvgIpc) is 2.58. The first kappa shape index (κ1) is 12.9. The number of nitrogens with zero attached hydrogens (tertiary/aromatic N) is 2. The normalized spacial score (nSPS) is 12.7. The molecule has 0 atom stereocenters. The van der Waals surface area contributed by atoms with Gasteiger partial charge in [0.15, 0.2) is 0 Å². The van der Waals surface area contributed by atoms with Gasteiger partial charge in [0, 0.05) is 15.4 Å². The van der Waals surface area contributed by atoms with E-state index in [0.29, 0.717) is 15.4 Å². The van der Waals surface area contributed by atoms with Crippen LogP contribution in [0.5, 0.6) is 0 Å². The van der Waals surface area contributed by atoms with E-state index in [1.165, 1.54) is 6.07 Å². The molecule has 1 aromatic carbocycles. The first-order valence-corrected chi connectivity index (χ1v) is 5.73. The molecule has 0 aliphatic rings. The van der Waals surface area contributed by atoms with E-state index in [1.54, 1.807) is 18.2 Å². The van der Waals surface area contributed by atoms with Gasteiger partial charge in [0.25, 0.3) is 0 Å². The van der Waals surface area contributed by atoms with Crippen LogP contribution in [-0.2, 0) is 6.54 Å². The van der Waals surface area contributed by atoms with Crippen molar-refractivity contribution in [2.75, 3.05) is 0 Å². The van der Waals surface area contributed by atoms with Crippen molar-refractivity contribution in [2.24, 2.45) is 5.16 Å². The zero-order valence-corrected chi connectivity index (χ0v) is 10.5. The molecule has 0 unspecified atom stereocenters. The fourth-order valence-electron chi connectivity index (χ4n) is 1.79. The number of oxime groups is 1. The third-order valence-corrected chi connectivity index (χ3v) is 3.14. The summed E-state index contributed by atoms with van der Waals surface area (Å²) in [6, 6.07) is 6.50. The molecule has 0 saturated heterocycles. The van der Waals surface area contributed by atoms with Crippen LogP contribution in [0.25, 0.3) is 10.9 Å². The Morgan fingerprint density at radius 2 is 2.11 bits per heavy atom. The maximum absolute atomic E-state index is 12.5. The molecule has 1 heterocycles. The van der Waals surface area contributed by atoms with Gasteiger partial charge in [0.2, 0.25) is 0 Å². The number of alkyl halides is 3. The van der Waals surface area contributed by atoms with Crippen LogP contribution < -0.4 is 0 Å². The number of halogens is 4. The molecule has 1 aromatic heterocycles. The van der Waals surface area contributed by atoms with Crippen LogP contribution in [-0.4, -0.2) is 22.2 Å². The fraction of sp³-hybridized carbons (Fsp3) is 0.182. The van der Waals surface area contributed by atoms with Gasteiger partial charge in [-0.15, -0.1) is 0 Å². The van der Waals surface area contributed by atoms with Gasteiger partial charge in [-0.05, 0) is 18.2 Å². The van der Waals surface area contributed by atoms with Crippen molar-refractivity contribution in [3.63, 3.8) is 0 Å². The van der Waals surface area contributed by atoms with Crippen LogP contribution in [0.1, 0.15) is 5.69 Å². The Morgan fingerprint density at radius 1 is 1.39 bits per heavy atom. The van der Waals surface area contributed by atoms with Crippen molar-refractivity contribution in [1.29, 1.82) is 0 Å². The third kappa shape index (κ3) is 2.50. The molecule has 18 heavy (non-hydrogen) atoms. The number of hydrogen-bond acceptors (Lipinski definition) is 2. The molecule has 0 amide bonds. The molecule has 0 fully saturated rings. The second-order valence-electron chi connectivity index (χ2n) is 3.69. The van der Waals surface area contributed by atoms with Crippen LogP contribution in [0.3, 0.4) is 0 Å². The van der Waals surface area contributed by atoms with Gasteiger partial charge in [-0.2, -0.15) is 13.2 Å². The Kier molecular flexibility index (Phi) is 3.34. The molecule has 0 aliphatic heterocycles. The van der Waals surface area contributed by atoms with Gasteiger partial charge >= 0.3 is 6.18 Å². The monoisotopic (exact) mass is 320 g/mol. The van der Waals surface area contributed by atoms with Crippen molar-refractivity contribution in [2.45, 2.75) is 12.7 Å². The number of hydrogen-bond donors (Lipinski definition) is 1. The van der Waals surface area contributed by atoms with E-state index in [2.05, 4.69) is 21.1 Å². The third-order valence-electron chi connectivity index (χ3n) is 2.45. The summed E-state index contributed by atoms with van der Waals surface area (Å²) in [5, 5.41) is 11.9. The Labute approximate surface area is 109 Å². The van der Waals surface area contributed by atoms with Crippen molar-refractivity contribution in [3.05, 3.63) is 34.4 Å². The molecular weight excluding hydrogens is 313 g/mol. The molecular formula is C11H8BrF3N2O. The highest BCUT2D eigenvalue weighted by atomic mass is 79.9. The Balaban J connectivity index is 2.67. The van der Waals surface area contributed by atoms with E-state index in [-0.39, 0.29) is 5.69 Å². The van der Waals surface area contributed by atoms with E-state index in [1.807, 2.05) is 0 Å². The summed E-state index contributed by atoms with van der Waals surface area (Å²) in [5.74, 6) is 0. The average molecular weight is 321 g/mol. The molecule has 0 aliphatic carbocycles. The lowest BCUT2D eigenvalue weighted by Gasteiger charge is -2.11. The van der Waals surface area contributed by atoms with E-state index in [9.17, 15) is 13.2 Å². The zero-order chi connectivity index (χ0) is 13.3. The summed E-state index contributed by atoms with van der Waals surface area (Å²) >= 11 is 3.27. The lowest BCUT2D eigenvalue weighted by atomic mass is 10.2. The van der Waals surface area contributed by atoms with E-state index in [0.717, 1.165) is 10.8 Å². The van der Waals surface area contributed by atoms with Gasteiger partial charge in [-0.1, -0.05) is 27.2 Å². The van der Waals surface area contributed by atoms with E-state index < -0.39 is 12.7 Å². The standard InChI is InChI=1S/C11H8BrF3N2O/c12-9-2-1-3-10-8(9)4-7(5-16-18)17(10)6-11(13,14)15/h1-5,18H,6H2. The zero-order valence-electron chi connectivity index (χ0n) is 8.95. The maximum atomic E-state index is 12.5. The van der Waals surface area contributed by atoms with Gasteiger partial charge in [0.1, 0.15) is 6.54 Å². The number of fused-ring (bicyclic) bond motifs is 1. The largest absolute Gasteiger partial charge is 0.411 e. The quantitative estimate of drug-likeness (QED) is 0.510. The predicted molar refractivity (Wildman–Crippen MR) is 65.1 cm³/mol. The minimum absolute atomic E-state index is 0.191. The van der Waals surface area contributed by atoms with Gasteiger partial charge in [-0.3, -0.25) is 0 Å². The van der Waals surface area contributed by atoms with Crippen LogP contribution >= 0.6 is 15.9 Å². The fourth-order valence-corrected chi connectivity index (χ4v) is 2.26. The molecule has 2 rings (SSSR count). The summed E-state index contributed by atoms with van der Waals surface area (Å²) in [4.78, 5) is 0. The number of rotatable bonds is 2. The second-order valence-corrected chi connectivity index (χ2v) is 4.54. The Bertz CT molecular complexity index is 604. The molecule has 0 spiro atoms. The minimum Gasteiger partial charge on any atom is -0.411 e. The van der Waals surface area contributed by atoms with Crippen molar-refractivity contribution in [3.8, 4) is 0 Å². The summed E-state index contributed by atoms with van der Waals surface area (Å²) in [6.45, 7) is -1.13. The highest BCUT2D eigenvalue weighted by molar-refractivity contribution is 9.10. The van der Waals surface area contributed by atoms with Crippen molar-refractivity contribution in [1.82, 2.24) is 4.57 Å². The lowest BCUT2D eigenvalue weighted by molar-refractivity contribution is -0.139. The molecule has 0 bridgehead atoms. The summed E-state index contributed by atoms with van der Waals surface area (Å²) in [5.41, 5.74) is 0.619. The smallest absolute Gasteiger partial charge is 0.406 e. The van der Waals surface area contributed by atoms with Crippen molar-refractivity contribution >= 4 is 33.0 Å². The lowest BCUT2D eigenvalue weighted by Crippen LogP contribution is -2.19. The SMILES string of the molecule is ON=Cc1cc2c(Br)cccc2n1CC(F)(F)F. The Morgan fingerprint density at radius 3 is 2.72 bits per heavy atom. The number of benzene rings is 1. The van der Waals surface area contributed by atoms with Crippen LogP contribution in [0.15, 0.2) is 33.9 Å².